The Kier molecular flexibility index (Phi) is 3.15. The highest BCUT2D eigenvalue weighted by molar-refractivity contribution is 7.57. The number of halogens is 3. The molecule has 1 atom stereocenters. The van der Waals surface area contributed by atoms with Crippen molar-refractivity contribution < 1.29 is 22.3 Å². The molecule has 1 unspecified atom stereocenters. The molecule has 0 rings (SSSR count). The van der Waals surface area contributed by atoms with Crippen molar-refractivity contribution in [2.45, 2.75) is 19.2 Å². The van der Waals surface area contributed by atoms with Crippen molar-refractivity contribution in [2.75, 3.05) is 13.3 Å². The average Bonchev–Trinajstić information content (AvgIpc) is 1.56. The standard InChI is InChI=1S/C5H10F3O2P/c1-4(5(6,7)8)10-11(2,3)9/h4H,1-3H3. The van der Waals surface area contributed by atoms with Gasteiger partial charge in [0.25, 0.3) is 0 Å². The van der Waals surface area contributed by atoms with Crippen LogP contribution in [0.3, 0.4) is 0 Å². The fraction of sp³-hybridized carbons (Fsp3) is 1.00. The molecule has 0 saturated heterocycles. The molecule has 0 spiro atoms. The van der Waals surface area contributed by atoms with Gasteiger partial charge in [-0.1, -0.05) is 0 Å². The predicted octanol–water partition coefficient (Wildman–Crippen LogP) is 2.49. The molecular weight excluding hydrogens is 180 g/mol. The van der Waals surface area contributed by atoms with Gasteiger partial charge in [0.15, 0.2) is 13.5 Å². The molecule has 0 aliphatic rings. The molecule has 0 aromatic heterocycles. The fourth-order valence-electron chi connectivity index (χ4n) is 0.441. The average molecular weight is 190 g/mol. The van der Waals surface area contributed by atoms with Crippen LogP contribution in [0.4, 0.5) is 13.2 Å². The summed E-state index contributed by atoms with van der Waals surface area (Å²) in [5, 5.41) is 0. The van der Waals surface area contributed by atoms with Gasteiger partial charge in [-0.05, 0) is 6.92 Å². The normalized spacial score (nSPS) is 16.5. The van der Waals surface area contributed by atoms with Crippen LogP contribution in [-0.2, 0) is 9.09 Å². The van der Waals surface area contributed by atoms with Gasteiger partial charge < -0.3 is 4.52 Å². The lowest BCUT2D eigenvalue weighted by Crippen LogP contribution is -2.27. The van der Waals surface area contributed by atoms with Crippen molar-refractivity contribution >= 4 is 7.37 Å². The Balaban J connectivity index is 4.10. The van der Waals surface area contributed by atoms with Crippen molar-refractivity contribution in [2.24, 2.45) is 0 Å². The molecule has 0 aromatic carbocycles. The first-order chi connectivity index (χ1) is 4.63. The summed E-state index contributed by atoms with van der Waals surface area (Å²) in [5.74, 6) is 0. The molecule has 2 nitrogen and oxygen atoms in total. The molecule has 0 saturated carbocycles. The third-order valence-corrected chi connectivity index (χ3v) is 1.70. The summed E-state index contributed by atoms with van der Waals surface area (Å²) >= 11 is 0. The highest BCUT2D eigenvalue weighted by Crippen LogP contribution is 2.42. The van der Waals surface area contributed by atoms with Crippen LogP contribution in [0.5, 0.6) is 0 Å². The lowest BCUT2D eigenvalue weighted by Gasteiger charge is -2.18. The molecule has 0 N–H and O–H groups in total. The molecule has 0 bridgehead atoms. The molecule has 6 heteroatoms. The van der Waals surface area contributed by atoms with E-state index < -0.39 is 19.6 Å². The number of hydrogen-bond donors (Lipinski definition) is 0. The van der Waals surface area contributed by atoms with Crippen LogP contribution in [0.2, 0.25) is 0 Å². The highest BCUT2D eigenvalue weighted by Gasteiger charge is 2.39. The third-order valence-electron chi connectivity index (χ3n) is 0.873. The number of hydrogen-bond acceptors (Lipinski definition) is 2. The zero-order valence-corrected chi connectivity index (χ0v) is 7.37. The van der Waals surface area contributed by atoms with Gasteiger partial charge >= 0.3 is 6.18 Å². The third kappa shape index (κ3) is 5.27. The molecule has 0 amide bonds. The zero-order chi connectivity index (χ0) is 9.28. The number of rotatable bonds is 2. The van der Waals surface area contributed by atoms with E-state index in [9.17, 15) is 17.7 Å². The van der Waals surface area contributed by atoms with Crippen LogP contribution in [0.1, 0.15) is 6.92 Å². The van der Waals surface area contributed by atoms with Crippen molar-refractivity contribution in [1.82, 2.24) is 0 Å². The van der Waals surface area contributed by atoms with Crippen LogP contribution >= 0.6 is 7.37 Å². The summed E-state index contributed by atoms with van der Waals surface area (Å²) in [4.78, 5) is 0. The maximum atomic E-state index is 11.7. The maximum absolute atomic E-state index is 11.7. The highest BCUT2D eigenvalue weighted by atomic mass is 31.2. The van der Waals surface area contributed by atoms with Gasteiger partial charge in [0.1, 0.15) is 0 Å². The van der Waals surface area contributed by atoms with Crippen molar-refractivity contribution in [1.29, 1.82) is 0 Å². The largest absolute Gasteiger partial charge is 0.414 e. The Morgan fingerprint density at radius 2 is 1.73 bits per heavy atom. The van der Waals surface area contributed by atoms with Gasteiger partial charge in [0, 0.05) is 13.3 Å². The van der Waals surface area contributed by atoms with Crippen LogP contribution < -0.4 is 0 Å². The Morgan fingerprint density at radius 3 is 1.82 bits per heavy atom. The van der Waals surface area contributed by atoms with Crippen molar-refractivity contribution in [3.8, 4) is 0 Å². The summed E-state index contributed by atoms with van der Waals surface area (Å²) < 4.78 is 50.2. The molecule has 0 aliphatic heterocycles. The van der Waals surface area contributed by atoms with E-state index in [0.29, 0.717) is 0 Å². The first kappa shape index (κ1) is 11.0. The minimum absolute atomic E-state index is 0.833. The topological polar surface area (TPSA) is 26.3 Å². The van der Waals surface area contributed by atoms with E-state index >= 15 is 0 Å². The second-order valence-electron chi connectivity index (χ2n) is 2.54. The quantitative estimate of drug-likeness (QED) is 0.625. The summed E-state index contributed by atoms with van der Waals surface area (Å²) in [6.45, 7) is 3.13. The van der Waals surface area contributed by atoms with Crippen LogP contribution in [0.25, 0.3) is 0 Å². The van der Waals surface area contributed by atoms with E-state index in [-0.39, 0.29) is 0 Å². The second-order valence-corrected chi connectivity index (χ2v) is 5.26. The molecule has 11 heavy (non-hydrogen) atoms. The van der Waals surface area contributed by atoms with E-state index in [1.54, 1.807) is 0 Å². The fourth-order valence-corrected chi connectivity index (χ4v) is 1.32. The molecule has 0 fully saturated rings. The van der Waals surface area contributed by atoms with Crippen LogP contribution in [0.15, 0.2) is 0 Å². The lowest BCUT2D eigenvalue weighted by atomic mass is 10.4. The summed E-state index contributed by atoms with van der Waals surface area (Å²) in [7, 11) is -3.04. The van der Waals surface area contributed by atoms with Gasteiger partial charge in [-0.15, -0.1) is 0 Å². The Labute approximate surface area is 63.2 Å². The predicted molar refractivity (Wildman–Crippen MR) is 36.1 cm³/mol. The van der Waals surface area contributed by atoms with Gasteiger partial charge in [0.05, 0.1) is 0 Å². The zero-order valence-electron chi connectivity index (χ0n) is 6.47. The smallest absolute Gasteiger partial charge is 0.316 e. The molecule has 0 aliphatic carbocycles. The lowest BCUT2D eigenvalue weighted by molar-refractivity contribution is -0.188. The molecule has 0 aromatic rings. The van der Waals surface area contributed by atoms with Crippen molar-refractivity contribution in [3.05, 3.63) is 0 Å². The molecule has 68 valence electrons. The van der Waals surface area contributed by atoms with Crippen LogP contribution in [-0.4, -0.2) is 25.6 Å². The minimum atomic E-state index is -4.43. The second kappa shape index (κ2) is 3.15. The summed E-state index contributed by atoms with van der Waals surface area (Å²) in [6.07, 6.45) is -6.38. The maximum Gasteiger partial charge on any atom is 0.414 e. The van der Waals surface area contributed by atoms with Gasteiger partial charge in [-0.2, -0.15) is 13.2 Å². The molecular formula is C5H10F3O2P. The molecule has 0 heterocycles. The van der Waals surface area contributed by atoms with Gasteiger partial charge in [-0.25, -0.2) is 0 Å². The minimum Gasteiger partial charge on any atom is -0.316 e. The van der Waals surface area contributed by atoms with Crippen molar-refractivity contribution in [3.63, 3.8) is 0 Å². The molecule has 0 radical (unpaired) electrons. The Morgan fingerprint density at radius 1 is 1.36 bits per heavy atom. The van der Waals surface area contributed by atoms with E-state index in [4.69, 9.17) is 0 Å². The SMILES string of the molecule is CC(OP(C)(C)=O)C(F)(F)F. The monoisotopic (exact) mass is 190 g/mol. The summed E-state index contributed by atoms with van der Waals surface area (Å²) in [6, 6.07) is 0. The van der Waals surface area contributed by atoms with Gasteiger partial charge in [0.2, 0.25) is 0 Å². The van der Waals surface area contributed by atoms with E-state index in [0.717, 1.165) is 20.3 Å². The van der Waals surface area contributed by atoms with E-state index in [1.165, 1.54) is 0 Å². The Bertz CT molecular complexity index is 171. The van der Waals surface area contributed by atoms with E-state index in [1.807, 2.05) is 0 Å². The van der Waals surface area contributed by atoms with E-state index in [2.05, 4.69) is 4.52 Å². The first-order valence-electron chi connectivity index (χ1n) is 2.93. The number of alkyl halides is 3. The summed E-state index contributed by atoms with van der Waals surface area (Å²) in [5.41, 5.74) is 0. The van der Waals surface area contributed by atoms with Gasteiger partial charge in [-0.3, -0.25) is 4.57 Å². The van der Waals surface area contributed by atoms with Crippen LogP contribution in [0, 0.1) is 0 Å². The first-order valence-corrected chi connectivity index (χ1v) is 5.45. The Hall–Kier alpha value is -0.0200.